The van der Waals surface area contributed by atoms with E-state index in [0.717, 1.165) is 5.56 Å². The highest BCUT2D eigenvalue weighted by Crippen LogP contribution is 2.31. The summed E-state index contributed by atoms with van der Waals surface area (Å²) in [4.78, 5) is 10.4. The predicted molar refractivity (Wildman–Crippen MR) is 63.4 cm³/mol. The van der Waals surface area contributed by atoms with E-state index < -0.39 is 12.3 Å². The molecule has 0 amide bonds. The molecule has 1 atom stereocenters. The highest BCUT2D eigenvalue weighted by molar-refractivity contribution is 6.31. The number of aliphatic carboxylic acids is 1. The molecule has 0 bridgehead atoms. The zero-order valence-corrected chi connectivity index (χ0v) is 10.6. The lowest BCUT2D eigenvalue weighted by atomic mass is 10.0. The Morgan fingerprint density at radius 3 is 2.53 bits per heavy atom. The third-order valence-corrected chi connectivity index (χ3v) is 2.67. The molecule has 1 aromatic rings. The van der Waals surface area contributed by atoms with Crippen LogP contribution in [-0.2, 0) is 4.79 Å². The molecule has 1 aromatic carbocycles. The molecule has 3 nitrogen and oxygen atoms in total. The van der Waals surface area contributed by atoms with Gasteiger partial charge in [-0.3, -0.25) is 0 Å². The van der Waals surface area contributed by atoms with Crippen molar-refractivity contribution in [2.75, 3.05) is 0 Å². The molecule has 0 radical (unpaired) electrons. The summed E-state index contributed by atoms with van der Waals surface area (Å²) in [5.41, 5.74) is 1.40. The lowest BCUT2D eigenvalue weighted by Crippen LogP contribution is -2.21. The summed E-state index contributed by atoms with van der Waals surface area (Å²) >= 11 is 6.03. The van der Waals surface area contributed by atoms with Crippen LogP contribution in [-0.4, -0.2) is 17.4 Å². The normalized spacial score (nSPS) is 12.6. The number of carboxylic acid groups (broad SMARTS) is 1. The van der Waals surface area contributed by atoms with Gasteiger partial charge in [0, 0.05) is 5.02 Å². The Bertz CT molecular complexity index is 432. The van der Waals surface area contributed by atoms with Crippen LogP contribution in [0, 0.1) is 6.92 Å². The first-order valence-electron chi connectivity index (χ1n) is 5.16. The first-order valence-corrected chi connectivity index (χ1v) is 5.54. The van der Waals surface area contributed by atoms with E-state index in [0.29, 0.717) is 10.6 Å². The summed E-state index contributed by atoms with van der Waals surface area (Å²) in [6.07, 6.45) is -2.37. The van der Waals surface area contributed by atoms with E-state index in [1.807, 2.05) is 13.8 Å². The van der Waals surface area contributed by atoms with Crippen LogP contribution in [0.3, 0.4) is 0 Å². The first-order chi connectivity index (χ1) is 7.82. The number of carbonyl (C=O) groups is 1. The number of rotatable bonds is 4. The minimum absolute atomic E-state index is 0.147. The van der Waals surface area contributed by atoms with Crippen molar-refractivity contribution in [2.45, 2.75) is 33.0 Å². The molecule has 17 heavy (non-hydrogen) atoms. The second-order valence-corrected chi connectivity index (χ2v) is 4.47. The fourth-order valence-corrected chi connectivity index (χ4v) is 1.84. The number of hydrogen-bond acceptors (Lipinski definition) is 2. The minimum Gasteiger partial charge on any atom is -0.476 e. The van der Waals surface area contributed by atoms with Crippen molar-refractivity contribution in [1.29, 1.82) is 0 Å². The summed E-state index contributed by atoms with van der Waals surface area (Å²) in [5.74, 6) is -1.30. The predicted octanol–water partition coefficient (Wildman–Crippen LogP) is 3.53. The largest absolute Gasteiger partial charge is 0.476 e. The lowest BCUT2D eigenvalue weighted by Gasteiger charge is -2.15. The Morgan fingerprint density at radius 2 is 2.06 bits per heavy atom. The van der Waals surface area contributed by atoms with Crippen LogP contribution in [0.5, 0.6) is 5.75 Å². The van der Waals surface area contributed by atoms with E-state index in [9.17, 15) is 9.18 Å². The SMILES string of the molecule is Cc1cc(Cl)c(C(C)C)cc1OC(F)C(=O)O. The third-order valence-electron chi connectivity index (χ3n) is 2.34. The Labute approximate surface area is 104 Å². The maximum Gasteiger partial charge on any atom is 0.378 e. The summed E-state index contributed by atoms with van der Waals surface area (Å²) in [5, 5.41) is 9.01. The summed E-state index contributed by atoms with van der Waals surface area (Å²) < 4.78 is 17.7. The summed E-state index contributed by atoms with van der Waals surface area (Å²) in [7, 11) is 0. The van der Waals surface area contributed by atoms with Crippen molar-refractivity contribution >= 4 is 17.6 Å². The third kappa shape index (κ3) is 3.33. The summed E-state index contributed by atoms with van der Waals surface area (Å²) in [6.45, 7) is 5.55. The number of ether oxygens (including phenoxy) is 1. The van der Waals surface area contributed by atoms with Gasteiger partial charge in [0.15, 0.2) is 0 Å². The smallest absolute Gasteiger partial charge is 0.378 e. The van der Waals surface area contributed by atoms with E-state index in [4.69, 9.17) is 21.4 Å². The maximum absolute atomic E-state index is 13.0. The van der Waals surface area contributed by atoms with Gasteiger partial charge in [0.2, 0.25) is 0 Å². The fourth-order valence-electron chi connectivity index (χ4n) is 1.40. The average molecular weight is 261 g/mol. The lowest BCUT2D eigenvalue weighted by molar-refractivity contribution is -0.153. The summed E-state index contributed by atoms with van der Waals surface area (Å²) in [6, 6.07) is 3.22. The Kier molecular flexibility index (Phi) is 4.34. The zero-order chi connectivity index (χ0) is 13.2. The highest BCUT2D eigenvalue weighted by Gasteiger charge is 2.19. The first kappa shape index (κ1) is 13.8. The molecule has 0 aliphatic carbocycles. The van der Waals surface area contributed by atoms with Crippen LogP contribution in [0.25, 0.3) is 0 Å². The Hall–Kier alpha value is -1.29. The molecule has 0 fully saturated rings. The second kappa shape index (κ2) is 5.36. The molecule has 0 aliphatic rings. The van der Waals surface area contributed by atoms with Crippen molar-refractivity contribution in [3.63, 3.8) is 0 Å². The fraction of sp³-hybridized carbons (Fsp3) is 0.417. The van der Waals surface area contributed by atoms with Gasteiger partial charge in [0.05, 0.1) is 0 Å². The van der Waals surface area contributed by atoms with Gasteiger partial charge in [-0.15, -0.1) is 0 Å². The number of halogens is 2. The zero-order valence-electron chi connectivity index (χ0n) is 9.83. The van der Waals surface area contributed by atoms with Crippen LogP contribution in [0.2, 0.25) is 5.02 Å². The minimum atomic E-state index is -2.37. The van der Waals surface area contributed by atoms with Gasteiger partial charge in [-0.1, -0.05) is 25.4 Å². The van der Waals surface area contributed by atoms with Crippen molar-refractivity contribution in [2.24, 2.45) is 0 Å². The second-order valence-electron chi connectivity index (χ2n) is 4.07. The van der Waals surface area contributed by atoms with Crippen LogP contribution in [0.1, 0.15) is 30.9 Å². The molecule has 0 aliphatic heterocycles. The van der Waals surface area contributed by atoms with Gasteiger partial charge in [0.25, 0.3) is 0 Å². The molecule has 0 heterocycles. The topological polar surface area (TPSA) is 46.5 Å². The molecule has 94 valence electrons. The van der Waals surface area contributed by atoms with Crippen LogP contribution in [0.15, 0.2) is 12.1 Å². The van der Waals surface area contributed by atoms with Gasteiger partial charge in [-0.2, -0.15) is 4.39 Å². The number of alkyl halides is 1. The van der Waals surface area contributed by atoms with Crippen LogP contribution >= 0.6 is 11.6 Å². The monoisotopic (exact) mass is 260 g/mol. The van der Waals surface area contributed by atoms with Crippen LogP contribution < -0.4 is 4.74 Å². The number of aryl methyl sites for hydroxylation is 1. The van der Waals surface area contributed by atoms with Crippen molar-refractivity contribution in [3.05, 3.63) is 28.3 Å². The Balaban J connectivity index is 3.07. The highest BCUT2D eigenvalue weighted by atomic mass is 35.5. The van der Waals surface area contributed by atoms with E-state index in [1.54, 1.807) is 19.1 Å². The molecular weight excluding hydrogens is 247 g/mol. The van der Waals surface area contributed by atoms with Gasteiger partial charge in [-0.05, 0) is 36.1 Å². The van der Waals surface area contributed by atoms with Gasteiger partial charge >= 0.3 is 12.3 Å². The quantitative estimate of drug-likeness (QED) is 0.901. The number of hydrogen-bond donors (Lipinski definition) is 1. The standard InChI is InChI=1S/C12H14ClFO3/c1-6(2)8-5-10(7(3)4-9(8)13)17-11(14)12(15)16/h4-6,11H,1-3H3,(H,15,16). The van der Waals surface area contributed by atoms with Crippen molar-refractivity contribution < 1.29 is 19.0 Å². The van der Waals surface area contributed by atoms with Gasteiger partial charge < -0.3 is 9.84 Å². The maximum atomic E-state index is 13.0. The van der Waals surface area contributed by atoms with E-state index in [1.165, 1.54) is 0 Å². The molecule has 1 unspecified atom stereocenters. The molecule has 1 rings (SSSR count). The molecule has 0 saturated carbocycles. The molecule has 0 aromatic heterocycles. The molecule has 0 spiro atoms. The van der Waals surface area contributed by atoms with Gasteiger partial charge in [0.1, 0.15) is 5.75 Å². The molecule has 1 N–H and O–H groups in total. The van der Waals surface area contributed by atoms with E-state index in [2.05, 4.69) is 0 Å². The van der Waals surface area contributed by atoms with Crippen LogP contribution in [0.4, 0.5) is 4.39 Å². The number of benzene rings is 1. The molecular formula is C12H14ClFO3. The van der Waals surface area contributed by atoms with Gasteiger partial charge in [-0.25, -0.2) is 4.79 Å². The van der Waals surface area contributed by atoms with Crippen molar-refractivity contribution in [1.82, 2.24) is 0 Å². The molecule has 0 saturated heterocycles. The number of carboxylic acids is 1. The molecule has 5 heteroatoms. The van der Waals surface area contributed by atoms with E-state index in [-0.39, 0.29) is 11.7 Å². The average Bonchev–Trinajstić information content (AvgIpc) is 2.21. The Morgan fingerprint density at radius 1 is 1.47 bits per heavy atom. The van der Waals surface area contributed by atoms with E-state index >= 15 is 0 Å². The van der Waals surface area contributed by atoms with Crippen molar-refractivity contribution in [3.8, 4) is 5.75 Å².